The van der Waals surface area contributed by atoms with Crippen LogP contribution in [0.2, 0.25) is 0 Å². The number of nitro groups is 1. The molecule has 8 nitrogen and oxygen atoms in total. The second kappa shape index (κ2) is 5.61. The summed E-state index contributed by atoms with van der Waals surface area (Å²) >= 11 is 0. The highest BCUT2D eigenvalue weighted by Crippen LogP contribution is 2.27. The SMILES string of the molecule is C=C1NC(=O)N[C@@H](c2ccc(OC(C)=O)cc2)[C@@H]1[N+](=O)[O-]. The number of amides is 2. The van der Waals surface area contributed by atoms with E-state index >= 15 is 0 Å². The zero-order chi connectivity index (χ0) is 15.6. The van der Waals surface area contributed by atoms with Gasteiger partial charge in [-0.3, -0.25) is 14.9 Å². The lowest BCUT2D eigenvalue weighted by Gasteiger charge is -2.29. The van der Waals surface area contributed by atoms with Gasteiger partial charge in [0, 0.05) is 11.8 Å². The van der Waals surface area contributed by atoms with E-state index in [2.05, 4.69) is 17.2 Å². The number of carbonyl (C=O) groups is 2. The van der Waals surface area contributed by atoms with Gasteiger partial charge in [0.05, 0.1) is 5.70 Å². The topological polar surface area (TPSA) is 111 Å². The van der Waals surface area contributed by atoms with Crippen LogP contribution in [0, 0.1) is 10.1 Å². The Kier molecular flexibility index (Phi) is 3.88. The second-order valence-electron chi connectivity index (χ2n) is 4.49. The van der Waals surface area contributed by atoms with Gasteiger partial charge in [-0.15, -0.1) is 0 Å². The van der Waals surface area contributed by atoms with Crippen LogP contribution >= 0.6 is 0 Å². The molecule has 0 saturated carbocycles. The maximum absolute atomic E-state index is 11.5. The van der Waals surface area contributed by atoms with E-state index in [1.54, 1.807) is 12.1 Å². The van der Waals surface area contributed by atoms with Crippen molar-refractivity contribution in [3.8, 4) is 5.75 Å². The van der Waals surface area contributed by atoms with Crippen LogP contribution in [0.1, 0.15) is 18.5 Å². The molecule has 1 saturated heterocycles. The monoisotopic (exact) mass is 291 g/mol. The molecule has 1 aliphatic rings. The number of nitrogens with one attached hydrogen (secondary N) is 2. The van der Waals surface area contributed by atoms with Crippen LogP contribution in [0.4, 0.5) is 4.79 Å². The molecule has 110 valence electrons. The largest absolute Gasteiger partial charge is 0.427 e. The molecule has 1 fully saturated rings. The van der Waals surface area contributed by atoms with Crippen LogP contribution in [-0.4, -0.2) is 23.0 Å². The fourth-order valence-electron chi connectivity index (χ4n) is 2.10. The number of rotatable bonds is 3. The maximum atomic E-state index is 11.5. The summed E-state index contributed by atoms with van der Waals surface area (Å²) in [6.07, 6.45) is 0. The maximum Gasteiger partial charge on any atom is 0.319 e. The molecule has 0 unspecified atom stereocenters. The Balaban J connectivity index is 2.28. The van der Waals surface area contributed by atoms with Crippen LogP contribution in [0.15, 0.2) is 36.5 Å². The van der Waals surface area contributed by atoms with Crippen molar-refractivity contribution in [1.29, 1.82) is 0 Å². The molecule has 0 spiro atoms. The number of esters is 1. The Labute approximate surface area is 119 Å². The predicted octanol–water partition coefficient (Wildman–Crippen LogP) is 1.12. The number of carbonyl (C=O) groups excluding carboxylic acids is 2. The molecule has 8 heteroatoms. The molecule has 2 N–H and O–H groups in total. The quantitative estimate of drug-likeness (QED) is 0.375. The summed E-state index contributed by atoms with van der Waals surface area (Å²) in [5, 5.41) is 15.9. The van der Waals surface area contributed by atoms with Crippen molar-refractivity contribution < 1.29 is 19.2 Å². The van der Waals surface area contributed by atoms with Crippen molar-refractivity contribution in [2.24, 2.45) is 0 Å². The van der Waals surface area contributed by atoms with Gasteiger partial charge in [-0.1, -0.05) is 18.7 Å². The molecule has 1 aliphatic heterocycles. The van der Waals surface area contributed by atoms with Gasteiger partial charge < -0.3 is 15.4 Å². The average molecular weight is 291 g/mol. The standard InChI is InChI=1S/C13H13N3O5/c1-7-12(16(19)20)11(15-13(18)14-7)9-3-5-10(6-4-9)21-8(2)17/h3-6,11-12H,1H2,2H3,(H2,14,15,18)/t11-,12+/m0/s1. The van der Waals surface area contributed by atoms with Crippen LogP contribution in [0.25, 0.3) is 0 Å². The number of nitrogens with zero attached hydrogens (tertiary/aromatic N) is 1. The van der Waals surface area contributed by atoms with Gasteiger partial charge in [-0.05, 0) is 17.7 Å². The van der Waals surface area contributed by atoms with Crippen molar-refractivity contribution in [2.45, 2.75) is 19.0 Å². The first kappa shape index (κ1) is 14.5. The van der Waals surface area contributed by atoms with Crippen molar-refractivity contribution >= 4 is 12.0 Å². The van der Waals surface area contributed by atoms with E-state index in [9.17, 15) is 19.7 Å². The Morgan fingerprint density at radius 2 is 2.00 bits per heavy atom. The number of hydrogen-bond donors (Lipinski definition) is 2. The highest BCUT2D eigenvalue weighted by atomic mass is 16.6. The minimum atomic E-state index is -1.18. The zero-order valence-electron chi connectivity index (χ0n) is 11.2. The molecule has 0 radical (unpaired) electrons. The molecule has 0 aliphatic carbocycles. The zero-order valence-corrected chi connectivity index (χ0v) is 11.2. The van der Waals surface area contributed by atoms with E-state index in [4.69, 9.17) is 4.74 Å². The molecule has 0 aromatic heterocycles. The summed E-state index contributed by atoms with van der Waals surface area (Å²) in [5.74, 6) is -0.141. The molecule has 1 aromatic carbocycles. The van der Waals surface area contributed by atoms with E-state index in [0.29, 0.717) is 11.3 Å². The third-order valence-corrected chi connectivity index (χ3v) is 2.96. The van der Waals surface area contributed by atoms with Gasteiger partial charge in [0.15, 0.2) is 0 Å². The highest BCUT2D eigenvalue weighted by Gasteiger charge is 2.41. The van der Waals surface area contributed by atoms with Crippen molar-refractivity contribution in [3.63, 3.8) is 0 Å². The van der Waals surface area contributed by atoms with E-state index in [0.717, 1.165) is 0 Å². The molecule has 1 heterocycles. The summed E-state index contributed by atoms with van der Waals surface area (Å²) < 4.78 is 4.88. The summed E-state index contributed by atoms with van der Waals surface area (Å²) in [5.41, 5.74) is 0.543. The first-order valence-electron chi connectivity index (χ1n) is 6.06. The van der Waals surface area contributed by atoms with Crippen LogP contribution < -0.4 is 15.4 Å². The van der Waals surface area contributed by atoms with Crippen LogP contribution in [0.5, 0.6) is 5.75 Å². The first-order valence-corrected chi connectivity index (χ1v) is 6.06. The fraction of sp³-hybridized carbons (Fsp3) is 0.231. The minimum Gasteiger partial charge on any atom is -0.427 e. The molecule has 2 rings (SSSR count). The second-order valence-corrected chi connectivity index (χ2v) is 4.49. The lowest BCUT2D eigenvalue weighted by molar-refractivity contribution is -0.518. The fourth-order valence-corrected chi connectivity index (χ4v) is 2.10. The molecule has 2 atom stereocenters. The van der Waals surface area contributed by atoms with Crippen molar-refractivity contribution in [3.05, 3.63) is 52.2 Å². The van der Waals surface area contributed by atoms with Gasteiger partial charge >= 0.3 is 12.0 Å². The van der Waals surface area contributed by atoms with Crippen LogP contribution in [0.3, 0.4) is 0 Å². The third-order valence-electron chi connectivity index (χ3n) is 2.96. The molecular weight excluding hydrogens is 278 g/mol. The Bertz CT molecular complexity index is 611. The average Bonchev–Trinajstić information content (AvgIpc) is 2.37. The number of benzene rings is 1. The normalized spacial score (nSPS) is 21.2. The third kappa shape index (κ3) is 3.16. The van der Waals surface area contributed by atoms with Gasteiger partial charge in [-0.2, -0.15) is 0 Å². The summed E-state index contributed by atoms with van der Waals surface area (Å²) in [7, 11) is 0. The lowest BCUT2D eigenvalue weighted by Crippen LogP contribution is -2.53. The van der Waals surface area contributed by atoms with Gasteiger partial charge in [0.25, 0.3) is 6.04 Å². The Morgan fingerprint density at radius 1 is 1.38 bits per heavy atom. The summed E-state index contributed by atoms with van der Waals surface area (Å²) in [6, 6.07) is 3.55. The lowest BCUT2D eigenvalue weighted by atomic mass is 9.96. The summed E-state index contributed by atoms with van der Waals surface area (Å²) in [4.78, 5) is 32.9. The summed E-state index contributed by atoms with van der Waals surface area (Å²) in [6.45, 7) is 4.79. The highest BCUT2D eigenvalue weighted by molar-refractivity contribution is 5.78. The molecule has 1 aromatic rings. The van der Waals surface area contributed by atoms with Crippen molar-refractivity contribution in [1.82, 2.24) is 10.6 Å². The number of urea groups is 1. The van der Waals surface area contributed by atoms with E-state index < -0.39 is 29.0 Å². The van der Waals surface area contributed by atoms with E-state index in [-0.39, 0.29) is 5.70 Å². The number of ether oxygens (including phenoxy) is 1. The molecule has 0 bridgehead atoms. The first-order chi connectivity index (χ1) is 9.88. The Hall–Kier alpha value is -2.90. The van der Waals surface area contributed by atoms with Gasteiger partial charge in [-0.25, -0.2) is 4.79 Å². The minimum absolute atomic E-state index is 0.0258. The molecule has 2 amide bonds. The Morgan fingerprint density at radius 3 is 2.52 bits per heavy atom. The molecular formula is C13H13N3O5. The van der Waals surface area contributed by atoms with E-state index in [1.165, 1.54) is 19.1 Å². The number of hydrogen-bond acceptors (Lipinski definition) is 5. The smallest absolute Gasteiger partial charge is 0.319 e. The van der Waals surface area contributed by atoms with Crippen LogP contribution in [-0.2, 0) is 4.79 Å². The van der Waals surface area contributed by atoms with Gasteiger partial charge in [0.2, 0.25) is 0 Å². The van der Waals surface area contributed by atoms with E-state index in [1.807, 2.05) is 0 Å². The van der Waals surface area contributed by atoms with Gasteiger partial charge in [0.1, 0.15) is 11.8 Å². The predicted molar refractivity (Wildman–Crippen MR) is 72.1 cm³/mol. The molecule has 21 heavy (non-hydrogen) atoms. The van der Waals surface area contributed by atoms with Crippen molar-refractivity contribution in [2.75, 3.05) is 0 Å².